The van der Waals surface area contributed by atoms with Crippen LogP contribution in [0.1, 0.15) is 20.7 Å². The third-order valence-electron chi connectivity index (χ3n) is 2.63. The molecule has 8 nitrogen and oxygen atoms in total. The van der Waals surface area contributed by atoms with Gasteiger partial charge in [0.2, 0.25) is 0 Å². The molecule has 0 radical (unpaired) electrons. The molecule has 0 atom stereocenters. The summed E-state index contributed by atoms with van der Waals surface area (Å²) in [6, 6.07) is 10.5. The van der Waals surface area contributed by atoms with Gasteiger partial charge >= 0.3 is 59.1 Å². The van der Waals surface area contributed by atoms with Crippen molar-refractivity contribution in [3.63, 3.8) is 0 Å². The first-order chi connectivity index (χ1) is 11.1. The van der Waals surface area contributed by atoms with Crippen molar-refractivity contribution in [3.05, 3.63) is 59.7 Å². The summed E-state index contributed by atoms with van der Waals surface area (Å²) in [5.74, 6) is 0. The fraction of sp³-hybridized carbons (Fsp3) is 0. The summed E-state index contributed by atoms with van der Waals surface area (Å²) in [5.41, 5.74) is -0.208. The van der Waals surface area contributed by atoms with Crippen LogP contribution in [0.5, 0.6) is 0 Å². The van der Waals surface area contributed by atoms with Gasteiger partial charge in [0.25, 0.3) is 0 Å². The second kappa shape index (κ2) is 12.1. The monoisotopic (exact) mass is 416 g/mol. The average molecular weight is 416 g/mol. The second-order valence-electron chi connectivity index (χ2n) is 4.22. The van der Waals surface area contributed by atoms with Gasteiger partial charge in [-0.3, -0.25) is 9.59 Å². The number of carbonyl (C=O) groups excluding carboxylic acids is 2. The van der Waals surface area contributed by atoms with Crippen LogP contribution in [0.3, 0.4) is 0 Å². The van der Waals surface area contributed by atoms with Gasteiger partial charge in [0.15, 0.2) is 12.6 Å². The summed E-state index contributed by atoms with van der Waals surface area (Å²) in [5, 5.41) is 0. The Hall–Kier alpha value is -0.400. The summed E-state index contributed by atoms with van der Waals surface area (Å²) < 4.78 is 63.0. The molecule has 0 amide bonds. The molecular weight excluding hydrogens is 406 g/mol. The minimum absolute atomic E-state index is 0. The molecule has 128 valence electrons. The van der Waals surface area contributed by atoms with Gasteiger partial charge in [-0.15, -0.1) is 0 Å². The number of hydrogen-bond donors (Lipinski definition) is 0. The maximum absolute atomic E-state index is 10.5. The number of benzene rings is 2. The van der Waals surface area contributed by atoms with Gasteiger partial charge in [0.1, 0.15) is 20.2 Å². The third kappa shape index (κ3) is 8.53. The van der Waals surface area contributed by atoms with E-state index in [1.807, 2.05) is 0 Å². The molecule has 0 spiro atoms. The molecule has 0 aromatic heterocycles. The first-order valence-electron chi connectivity index (χ1n) is 6.11. The van der Waals surface area contributed by atoms with E-state index < -0.39 is 30.0 Å². The van der Waals surface area contributed by atoms with Crippen molar-refractivity contribution in [3.8, 4) is 0 Å². The van der Waals surface area contributed by atoms with E-state index in [0.717, 1.165) is 12.1 Å². The van der Waals surface area contributed by atoms with E-state index in [1.54, 1.807) is 0 Å². The van der Waals surface area contributed by atoms with Gasteiger partial charge in [-0.1, -0.05) is 36.4 Å². The first-order valence-corrected chi connectivity index (χ1v) is 8.93. The van der Waals surface area contributed by atoms with E-state index in [9.17, 15) is 35.5 Å². The largest absolute Gasteiger partial charge is 1.00 e. The van der Waals surface area contributed by atoms with Crippen molar-refractivity contribution in [2.75, 3.05) is 0 Å². The normalized spacial score (nSPS) is 10.2. The number of hydrogen-bond acceptors (Lipinski definition) is 8. The summed E-state index contributed by atoms with van der Waals surface area (Å²) in [4.78, 5) is 19.6. The van der Waals surface area contributed by atoms with Crippen molar-refractivity contribution in [2.24, 2.45) is 0 Å². The van der Waals surface area contributed by atoms with Crippen molar-refractivity contribution in [2.45, 2.75) is 9.79 Å². The van der Waals surface area contributed by atoms with Gasteiger partial charge in [-0.05, 0) is 12.1 Å². The molecule has 0 aliphatic carbocycles. The summed E-state index contributed by atoms with van der Waals surface area (Å²) in [7, 11) is -9.05. The van der Waals surface area contributed by atoms with E-state index in [2.05, 4.69) is 0 Å². The van der Waals surface area contributed by atoms with Crippen molar-refractivity contribution >= 4 is 32.8 Å². The fourth-order valence-corrected chi connectivity index (χ4v) is 2.91. The zero-order valence-electron chi connectivity index (χ0n) is 13.9. The molecule has 0 heterocycles. The van der Waals surface area contributed by atoms with Gasteiger partial charge in [-0.2, -0.15) is 0 Å². The number of aldehydes is 2. The van der Waals surface area contributed by atoms with Crippen molar-refractivity contribution in [1.29, 1.82) is 0 Å². The quantitative estimate of drug-likeness (QED) is 0.273. The van der Waals surface area contributed by atoms with Gasteiger partial charge in [0, 0.05) is 11.1 Å². The van der Waals surface area contributed by atoms with Crippen LogP contribution in [0.15, 0.2) is 58.3 Å². The summed E-state index contributed by atoms with van der Waals surface area (Å²) in [6.07, 6.45) is 0.676. The summed E-state index contributed by atoms with van der Waals surface area (Å²) >= 11 is 0. The van der Waals surface area contributed by atoms with Crippen LogP contribution in [-0.4, -0.2) is 38.5 Å². The molecule has 0 aliphatic heterocycles. The van der Waals surface area contributed by atoms with E-state index in [-0.39, 0.29) is 70.2 Å². The molecule has 2 rings (SSSR count). The van der Waals surface area contributed by atoms with Crippen LogP contribution in [-0.2, 0) is 20.2 Å². The SMILES string of the molecule is O=Cc1ccccc1S(=O)(=O)[O-].O=Cc1ccccc1S(=O)(=O)[O-].[Na+].[Na+]. The molecule has 0 saturated carbocycles. The third-order valence-corrected chi connectivity index (χ3v) is 4.45. The first kappa shape index (κ1) is 27.8. The molecule has 0 saturated heterocycles. The van der Waals surface area contributed by atoms with Crippen molar-refractivity contribution in [1.82, 2.24) is 0 Å². The molecule has 0 bridgehead atoms. The molecule has 0 N–H and O–H groups in total. The molecule has 12 heteroatoms. The Labute approximate surface area is 195 Å². The van der Waals surface area contributed by atoms with Crippen molar-refractivity contribution < 1.29 is 94.6 Å². The maximum Gasteiger partial charge on any atom is 1.00 e. The minimum Gasteiger partial charge on any atom is -0.744 e. The second-order valence-corrected chi connectivity index (χ2v) is 6.92. The standard InChI is InChI=1S/2C7H6O4S.2Na/c2*8-5-6-3-1-2-4-7(6)12(9,10)11;;/h2*1-5H,(H,9,10,11);;/q;;2*+1/p-2. The van der Waals surface area contributed by atoms with E-state index in [0.29, 0.717) is 12.6 Å². The Kier molecular flexibility index (Phi) is 13.0. The average Bonchev–Trinajstić information content (AvgIpc) is 2.53. The Morgan fingerprint density at radius 3 is 1.08 bits per heavy atom. The number of rotatable bonds is 4. The van der Waals surface area contributed by atoms with E-state index in [4.69, 9.17) is 0 Å². The number of carbonyl (C=O) groups is 2. The molecule has 26 heavy (non-hydrogen) atoms. The molecular formula is C14H10Na2O8S2. The van der Waals surface area contributed by atoms with E-state index in [1.165, 1.54) is 36.4 Å². The Bertz CT molecular complexity index is 877. The van der Waals surface area contributed by atoms with E-state index >= 15 is 0 Å². The predicted molar refractivity (Wildman–Crippen MR) is 79.6 cm³/mol. The molecule has 0 fully saturated rings. The van der Waals surface area contributed by atoms with Crippen LogP contribution in [0, 0.1) is 0 Å². The maximum atomic E-state index is 10.5. The summed E-state index contributed by atoms with van der Waals surface area (Å²) in [6.45, 7) is 0. The Balaban J connectivity index is 0. The van der Waals surface area contributed by atoms with Crippen LogP contribution in [0.25, 0.3) is 0 Å². The predicted octanol–water partition coefficient (Wildman–Crippen LogP) is -5.19. The van der Waals surface area contributed by atoms with Gasteiger partial charge < -0.3 is 9.11 Å². The Morgan fingerprint density at radius 2 is 0.885 bits per heavy atom. The smallest absolute Gasteiger partial charge is 0.744 e. The fourth-order valence-electron chi connectivity index (χ4n) is 1.61. The van der Waals surface area contributed by atoms with Crippen LogP contribution >= 0.6 is 0 Å². The minimum atomic E-state index is -4.53. The van der Waals surface area contributed by atoms with Crippen LogP contribution in [0.2, 0.25) is 0 Å². The topological polar surface area (TPSA) is 149 Å². The van der Waals surface area contributed by atoms with Gasteiger partial charge in [0.05, 0.1) is 9.79 Å². The molecule has 2 aromatic carbocycles. The molecule has 2 aromatic rings. The Morgan fingerprint density at radius 1 is 0.615 bits per heavy atom. The molecule has 0 unspecified atom stereocenters. The van der Waals surface area contributed by atoms with Gasteiger partial charge in [-0.25, -0.2) is 16.8 Å². The zero-order valence-corrected chi connectivity index (χ0v) is 19.5. The van der Waals surface area contributed by atoms with Crippen LogP contribution in [0.4, 0.5) is 0 Å². The zero-order chi connectivity index (χ0) is 18.4. The molecule has 0 aliphatic rings. The van der Waals surface area contributed by atoms with Crippen LogP contribution < -0.4 is 59.1 Å².